The van der Waals surface area contributed by atoms with Gasteiger partial charge < -0.3 is 10.4 Å². The van der Waals surface area contributed by atoms with Crippen LogP contribution < -0.4 is 5.32 Å². The van der Waals surface area contributed by atoms with E-state index in [-0.39, 0.29) is 12.5 Å². The summed E-state index contributed by atoms with van der Waals surface area (Å²) >= 11 is 0. The Hall–Kier alpha value is -1.32. The Morgan fingerprint density at radius 1 is 1.67 bits per heavy atom. The van der Waals surface area contributed by atoms with E-state index < -0.39 is 11.9 Å². The molecule has 0 aromatic carbocycles. The number of carbonyl (C=O) groups is 2. The highest BCUT2D eigenvalue weighted by atomic mass is 16.4. The summed E-state index contributed by atoms with van der Waals surface area (Å²) in [5.41, 5.74) is 0. The highest BCUT2D eigenvalue weighted by Gasteiger charge is 2.15. The van der Waals surface area contributed by atoms with Gasteiger partial charge in [0.15, 0.2) is 0 Å². The lowest BCUT2D eigenvalue weighted by atomic mass is 10.1. The molecule has 0 spiro atoms. The minimum absolute atomic E-state index is 0.163. The molecule has 0 aliphatic rings. The molecule has 0 aromatic heterocycles. The van der Waals surface area contributed by atoms with Gasteiger partial charge in [-0.15, -0.1) is 6.58 Å². The van der Waals surface area contributed by atoms with Gasteiger partial charge in [-0.1, -0.05) is 6.08 Å². The molecule has 1 unspecified atom stereocenters. The van der Waals surface area contributed by atoms with E-state index in [9.17, 15) is 9.59 Å². The van der Waals surface area contributed by atoms with Crippen LogP contribution in [-0.4, -0.2) is 23.5 Å². The molecular weight excluding hydrogens is 158 g/mol. The third-order valence-corrected chi connectivity index (χ3v) is 1.40. The number of amides is 1. The standard InChI is InChI=1S/C8H13NO3/c1-3-4-7(8(11)12)5-9-6(2)10/h3,7H,1,4-5H2,2H3,(H,9,10)(H,11,12). The van der Waals surface area contributed by atoms with E-state index in [0.29, 0.717) is 6.42 Å². The third-order valence-electron chi connectivity index (χ3n) is 1.40. The van der Waals surface area contributed by atoms with Crippen LogP contribution in [0.2, 0.25) is 0 Å². The molecule has 1 atom stereocenters. The Morgan fingerprint density at radius 3 is 2.58 bits per heavy atom. The number of carbonyl (C=O) groups excluding carboxylic acids is 1. The van der Waals surface area contributed by atoms with Crippen LogP contribution >= 0.6 is 0 Å². The molecule has 4 nitrogen and oxygen atoms in total. The molecule has 0 aliphatic carbocycles. The number of rotatable bonds is 5. The van der Waals surface area contributed by atoms with E-state index in [0.717, 1.165) is 0 Å². The molecule has 0 saturated carbocycles. The van der Waals surface area contributed by atoms with E-state index >= 15 is 0 Å². The average Bonchev–Trinajstić information content (AvgIpc) is 1.96. The van der Waals surface area contributed by atoms with Crippen LogP contribution in [0, 0.1) is 5.92 Å². The number of hydrogen-bond acceptors (Lipinski definition) is 2. The molecule has 0 rings (SSSR count). The highest BCUT2D eigenvalue weighted by molar-refractivity contribution is 5.75. The van der Waals surface area contributed by atoms with Crippen LogP contribution in [0.5, 0.6) is 0 Å². The first-order valence-electron chi connectivity index (χ1n) is 3.66. The zero-order chi connectivity index (χ0) is 9.56. The first-order valence-corrected chi connectivity index (χ1v) is 3.66. The van der Waals surface area contributed by atoms with Crippen LogP contribution in [-0.2, 0) is 9.59 Å². The summed E-state index contributed by atoms with van der Waals surface area (Å²) in [6.07, 6.45) is 1.90. The second-order valence-electron chi connectivity index (χ2n) is 2.50. The Balaban J connectivity index is 3.86. The van der Waals surface area contributed by atoms with Crippen LogP contribution in [0.4, 0.5) is 0 Å². The molecule has 2 N–H and O–H groups in total. The largest absolute Gasteiger partial charge is 0.481 e. The summed E-state index contributed by atoms with van der Waals surface area (Å²) in [4.78, 5) is 20.9. The second kappa shape index (κ2) is 5.35. The topological polar surface area (TPSA) is 66.4 Å². The molecule has 0 saturated heterocycles. The van der Waals surface area contributed by atoms with Gasteiger partial charge in [0.2, 0.25) is 5.91 Å². The van der Waals surface area contributed by atoms with Crippen molar-refractivity contribution in [3.8, 4) is 0 Å². The summed E-state index contributed by atoms with van der Waals surface area (Å²) in [6, 6.07) is 0. The summed E-state index contributed by atoms with van der Waals surface area (Å²) < 4.78 is 0. The molecule has 0 heterocycles. The van der Waals surface area contributed by atoms with Gasteiger partial charge in [0.05, 0.1) is 5.92 Å². The maximum Gasteiger partial charge on any atom is 0.308 e. The quantitative estimate of drug-likeness (QED) is 0.588. The van der Waals surface area contributed by atoms with Crippen molar-refractivity contribution in [2.75, 3.05) is 6.54 Å². The van der Waals surface area contributed by atoms with E-state index in [1.54, 1.807) is 0 Å². The van der Waals surface area contributed by atoms with Crippen molar-refractivity contribution in [3.63, 3.8) is 0 Å². The molecule has 12 heavy (non-hydrogen) atoms. The Morgan fingerprint density at radius 2 is 2.25 bits per heavy atom. The fraction of sp³-hybridized carbons (Fsp3) is 0.500. The second-order valence-corrected chi connectivity index (χ2v) is 2.50. The van der Waals surface area contributed by atoms with Crippen molar-refractivity contribution in [1.29, 1.82) is 0 Å². The maximum absolute atomic E-state index is 10.5. The first kappa shape index (κ1) is 10.7. The first-order chi connectivity index (χ1) is 5.57. The van der Waals surface area contributed by atoms with E-state index in [4.69, 9.17) is 5.11 Å². The number of carboxylic acid groups (broad SMARTS) is 1. The van der Waals surface area contributed by atoms with E-state index in [1.165, 1.54) is 13.0 Å². The lowest BCUT2D eigenvalue weighted by Gasteiger charge is -2.09. The SMILES string of the molecule is C=CCC(CNC(C)=O)C(=O)O. The zero-order valence-electron chi connectivity index (χ0n) is 7.04. The molecule has 4 heteroatoms. The van der Waals surface area contributed by atoms with Crippen molar-refractivity contribution in [1.82, 2.24) is 5.32 Å². The predicted molar refractivity (Wildman–Crippen MR) is 44.6 cm³/mol. The van der Waals surface area contributed by atoms with Crippen LogP contribution in [0.3, 0.4) is 0 Å². The lowest BCUT2D eigenvalue weighted by molar-refractivity contribution is -0.141. The minimum Gasteiger partial charge on any atom is -0.481 e. The monoisotopic (exact) mass is 171 g/mol. The average molecular weight is 171 g/mol. The van der Waals surface area contributed by atoms with Crippen LogP contribution in [0.1, 0.15) is 13.3 Å². The van der Waals surface area contributed by atoms with Gasteiger partial charge in [-0.05, 0) is 6.42 Å². The number of nitrogens with one attached hydrogen (secondary N) is 1. The number of hydrogen-bond donors (Lipinski definition) is 2. The molecule has 68 valence electrons. The van der Waals surface area contributed by atoms with Gasteiger partial charge in [0, 0.05) is 13.5 Å². The summed E-state index contributed by atoms with van der Waals surface area (Å²) in [7, 11) is 0. The number of allylic oxidation sites excluding steroid dienone is 1. The fourth-order valence-corrected chi connectivity index (χ4v) is 0.740. The fourth-order valence-electron chi connectivity index (χ4n) is 0.740. The van der Waals surface area contributed by atoms with Gasteiger partial charge in [-0.25, -0.2) is 0 Å². The Labute approximate surface area is 71.3 Å². The van der Waals surface area contributed by atoms with E-state index in [2.05, 4.69) is 11.9 Å². The zero-order valence-corrected chi connectivity index (χ0v) is 7.04. The predicted octanol–water partition coefficient (Wildman–Crippen LogP) is 0.399. The van der Waals surface area contributed by atoms with Crippen molar-refractivity contribution < 1.29 is 14.7 Å². The summed E-state index contributed by atoms with van der Waals surface area (Å²) in [5.74, 6) is -1.69. The van der Waals surface area contributed by atoms with Gasteiger partial charge in [-0.3, -0.25) is 9.59 Å². The van der Waals surface area contributed by atoms with Crippen LogP contribution in [0.25, 0.3) is 0 Å². The normalized spacial score (nSPS) is 11.8. The molecule has 0 aliphatic heterocycles. The molecular formula is C8H13NO3. The Kier molecular flexibility index (Phi) is 4.76. The maximum atomic E-state index is 10.5. The highest BCUT2D eigenvalue weighted by Crippen LogP contribution is 2.01. The molecule has 0 aromatic rings. The third kappa shape index (κ3) is 4.49. The van der Waals surface area contributed by atoms with E-state index in [1.807, 2.05) is 0 Å². The summed E-state index contributed by atoms with van der Waals surface area (Å²) in [5, 5.41) is 11.1. The van der Waals surface area contributed by atoms with Crippen molar-refractivity contribution >= 4 is 11.9 Å². The van der Waals surface area contributed by atoms with Crippen molar-refractivity contribution in [2.45, 2.75) is 13.3 Å². The van der Waals surface area contributed by atoms with Gasteiger partial charge in [0.1, 0.15) is 0 Å². The van der Waals surface area contributed by atoms with Gasteiger partial charge >= 0.3 is 5.97 Å². The lowest BCUT2D eigenvalue weighted by Crippen LogP contribution is -2.31. The minimum atomic E-state index is -0.913. The molecule has 0 radical (unpaired) electrons. The smallest absolute Gasteiger partial charge is 0.308 e. The summed E-state index contributed by atoms with van der Waals surface area (Å²) in [6.45, 7) is 4.95. The van der Waals surface area contributed by atoms with Crippen molar-refractivity contribution in [2.24, 2.45) is 5.92 Å². The van der Waals surface area contributed by atoms with Gasteiger partial charge in [-0.2, -0.15) is 0 Å². The number of carboxylic acids is 1. The number of aliphatic carboxylic acids is 1. The molecule has 0 fully saturated rings. The van der Waals surface area contributed by atoms with Crippen LogP contribution in [0.15, 0.2) is 12.7 Å². The van der Waals surface area contributed by atoms with Crippen molar-refractivity contribution in [3.05, 3.63) is 12.7 Å². The van der Waals surface area contributed by atoms with Gasteiger partial charge in [0.25, 0.3) is 0 Å². The molecule has 1 amide bonds. The molecule has 0 bridgehead atoms. The Bertz CT molecular complexity index is 189.